The highest BCUT2D eigenvalue weighted by molar-refractivity contribution is 5.66. The fraction of sp³-hybridized carbons (Fsp3) is 0.364. The van der Waals surface area contributed by atoms with Gasteiger partial charge in [-0.05, 0) is 18.6 Å². The topological polar surface area (TPSA) is 58.6 Å². The van der Waals surface area contributed by atoms with Gasteiger partial charge in [0.25, 0.3) is 0 Å². The Kier molecular flexibility index (Phi) is 4.47. The molecule has 0 N–H and O–H groups in total. The summed E-state index contributed by atoms with van der Waals surface area (Å²) < 4.78 is 10.4. The average molecular weight is 209 g/mol. The molecule has 0 bridgehead atoms. The summed E-state index contributed by atoms with van der Waals surface area (Å²) in [6.45, 7) is 2.10. The molecule has 0 aliphatic rings. The quantitative estimate of drug-likeness (QED) is 0.688. The molecule has 0 amide bonds. The average Bonchev–Trinajstić information content (AvgIpc) is 2.24. The number of rotatable bonds is 6. The van der Waals surface area contributed by atoms with E-state index in [1.165, 1.54) is 0 Å². The van der Waals surface area contributed by atoms with Gasteiger partial charge in [0.1, 0.15) is 6.61 Å². The molecule has 0 aliphatic carbocycles. The molecule has 0 saturated heterocycles. The van der Waals surface area contributed by atoms with Crippen LogP contribution in [0.3, 0.4) is 0 Å². The van der Waals surface area contributed by atoms with E-state index in [-0.39, 0.29) is 0 Å². The van der Waals surface area contributed by atoms with Crippen molar-refractivity contribution >= 4 is 5.97 Å². The van der Waals surface area contributed by atoms with E-state index in [0.29, 0.717) is 18.1 Å². The lowest BCUT2D eigenvalue weighted by atomic mass is 10.3. The Hall–Kier alpha value is -1.71. The second kappa shape index (κ2) is 5.90. The van der Waals surface area contributed by atoms with Crippen LogP contribution in [0.25, 0.3) is 0 Å². The maximum absolute atomic E-state index is 10.2. The number of carboxylic acids is 1. The summed E-state index contributed by atoms with van der Waals surface area (Å²) in [5, 5.41) is 10.2. The maximum Gasteiger partial charge on any atom is 0.161 e. The van der Waals surface area contributed by atoms with Gasteiger partial charge in [-0.2, -0.15) is 0 Å². The number of carbonyl (C=O) groups is 1. The predicted molar refractivity (Wildman–Crippen MR) is 52.7 cm³/mol. The molecule has 15 heavy (non-hydrogen) atoms. The minimum Gasteiger partial charge on any atom is -0.546 e. The van der Waals surface area contributed by atoms with E-state index in [9.17, 15) is 9.90 Å². The van der Waals surface area contributed by atoms with Crippen molar-refractivity contribution in [1.29, 1.82) is 0 Å². The van der Waals surface area contributed by atoms with Crippen molar-refractivity contribution in [3.05, 3.63) is 24.3 Å². The Morgan fingerprint density at radius 2 is 1.87 bits per heavy atom. The van der Waals surface area contributed by atoms with Crippen molar-refractivity contribution in [2.45, 2.75) is 13.3 Å². The summed E-state index contributed by atoms with van der Waals surface area (Å²) in [6, 6.07) is 6.95. The van der Waals surface area contributed by atoms with E-state index in [1.54, 1.807) is 24.3 Å². The normalized spacial score (nSPS) is 9.67. The number of aliphatic carboxylic acids is 1. The number of carboxylic acid groups (broad SMARTS) is 1. The molecule has 0 unspecified atom stereocenters. The molecular weight excluding hydrogens is 196 g/mol. The molecule has 0 aromatic heterocycles. The van der Waals surface area contributed by atoms with Crippen LogP contribution < -0.4 is 14.6 Å². The molecule has 1 aromatic rings. The van der Waals surface area contributed by atoms with Crippen LogP contribution in [0.5, 0.6) is 11.5 Å². The molecule has 82 valence electrons. The zero-order valence-electron chi connectivity index (χ0n) is 8.56. The Morgan fingerprint density at radius 3 is 2.40 bits per heavy atom. The third-order valence-corrected chi connectivity index (χ3v) is 1.66. The predicted octanol–water partition coefficient (Wildman–Crippen LogP) is 0.604. The zero-order chi connectivity index (χ0) is 11.1. The Balaban J connectivity index is 2.63. The van der Waals surface area contributed by atoms with E-state index < -0.39 is 12.6 Å². The first-order valence-electron chi connectivity index (χ1n) is 4.78. The first-order valence-corrected chi connectivity index (χ1v) is 4.78. The zero-order valence-corrected chi connectivity index (χ0v) is 8.56. The lowest BCUT2D eigenvalue weighted by molar-refractivity contribution is -0.307. The van der Waals surface area contributed by atoms with Crippen molar-refractivity contribution in [1.82, 2.24) is 0 Å². The van der Waals surface area contributed by atoms with E-state index in [2.05, 4.69) is 0 Å². The van der Waals surface area contributed by atoms with Gasteiger partial charge in [-0.1, -0.05) is 19.1 Å². The van der Waals surface area contributed by atoms with E-state index in [1.807, 2.05) is 6.92 Å². The highest BCUT2D eigenvalue weighted by atomic mass is 16.5. The lowest BCUT2D eigenvalue weighted by Gasteiger charge is -2.12. The maximum atomic E-state index is 10.2. The van der Waals surface area contributed by atoms with Crippen LogP contribution in [0.2, 0.25) is 0 Å². The standard InChI is InChI=1S/C11H14O4/c1-2-7-14-9-5-3-4-6-10(9)15-8-11(12)13/h3-6H,2,7-8H2,1H3,(H,12,13)/p-1. The molecule has 4 nitrogen and oxygen atoms in total. The molecule has 4 heteroatoms. The second-order valence-electron chi connectivity index (χ2n) is 2.96. The Bertz CT molecular complexity index is 322. The second-order valence-corrected chi connectivity index (χ2v) is 2.96. The summed E-state index contributed by atoms with van der Waals surface area (Å²) in [6.07, 6.45) is 0.884. The molecule has 0 heterocycles. The van der Waals surface area contributed by atoms with Crippen molar-refractivity contribution in [3.8, 4) is 11.5 Å². The Morgan fingerprint density at radius 1 is 1.27 bits per heavy atom. The third-order valence-electron chi connectivity index (χ3n) is 1.66. The largest absolute Gasteiger partial charge is 0.546 e. The van der Waals surface area contributed by atoms with Crippen LogP contribution in [0.15, 0.2) is 24.3 Å². The molecule has 0 radical (unpaired) electrons. The van der Waals surface area contributed by atoms with Crippen molar-refractivity contribution in [2.75, 3.05) is 13.2 Å². The number of para-hydroxylation sites is 2. The van der Waals surface area contributed by atoms with Gasteiger partial charge < -0.3 is 19.4 Å². The van der Waals surface area contributed by atoms with Crippen LogP contribution in [-0.4, -0.2) is 19.2 Å². The summed E-state index contributed by atoms with van der Waals surface area (Å²) in [5.41, 5.74) is 0. The number of hydrogen-bond donors (Lipinski definition) is 0. The highest BCUT2D eigenvalue weighted by Crippen LogP contribution is 2.26. The highest BCUT2D eigenvalue weighted by Gasteiger charge is 2.03. The van der Waals surface area contributed by atoms with Gasteiger partial charge >= 0.3 is 0 Å². The van der Waals surface area contributed by atoms with Crippen LogP contribution in [0.4, 0.5) is 0 Å². The van der Waals surface area contributed by atoms with Gasteiger partial charge in [0.15, 0.2) is 11.5 Å². The monoisotopic (exact) mass is 209 g/mol. The molecular formula is C11H13O4-. The molecule has 0 aliphatic heterocycles. The van der Waals surface area contributed by atoms with Crippen LogP contribution in [-0.2, 0) is 4.79 Å². The Labute approximate surface area is 88.4 Å². The smallest absolute Gasteiger partial charge is 0.161 e. The minimum atomic E-state index is -1.25. The first kappa shape index (κ1) is 11.4. The molecule has 1 aromatic carbocycles. The minimum absolute atomic E-state index is 0.426. The fourth-order valence-corrected chi connectivity index (χ4v) is 1.04. The molecule has 0 atom stereocenters. The van der Waals surface area contributed by atoms with Gasteiger partial charge in [0, 0.05) is 0 Å². The summed E-state index contributed by atoms with van der Waals surface area (Å²) in [4.78, 5) is 10.2. The first-order chi connectivity index (χ1) is 7.24. The summed E-state index contributed by atoms with van der Waals surface area (Å²) >= 11 is 0. The van der Waals surface area contributed by atoms with Gasteiger partial charge in [-0.25, -0.2) is 0 Å². The molecule has 0 fully saturated rings. The van der Waals surface area contributed by atoms with Gasteiger partial charge in [0.2, 0.25) is 0 Å². The van der Waals surface area contributed by atoms with Crippen LogP contribution >= 0.6 is 0 Å². The van der Waals surface area contributed by atoms with Crippen molar-refractivity contribution < 1.29 is 19.4 Å². The number of hydrogen-bond acceptors (Lipinski definition) is 4. The van der Waals surface area contributed by atoms with E-state index in [4.69, 9.17) is 9.47 Å². The van der Waals surface area contributed by atoms with Gasteiger partial charge in [0.05, 0.1) is 12.6 Å². The number of ether oxygens (including phenoxy) is 2. The van der Waals surface area contributed by atoms with Gasteiger partial charge in [-0.15, -0.1) is 0 Å². The van der Waals surface area contributed by atoms with Crippen LogP contribution in [0, 0.1) is 0 Å². The SMILES string of the molecule is CCCOc1ccccc1OCC(=O)[O-]. The fourth-order valence-electron chi connectivity index (χ4n) is 1.04. The van der Waals surface area contributed by atoms with Crippen molar-refractivity contribution in [2.24, 2.45) is 0 Å². The van der Waals surface area contributed by atoms with E-state index in [0.717, 1.165) is 6.42 Å². The lowest BCUT2D eigenvalue weighted by Crippen LogP contribution is -2.29. The number of benzene rings is 1. The van der Waals surface area contributed by atoms with Crippen molar-refractivity contribution in [3.63, 3.8) is 0 Å². The third kappa shape index (κ3) is 3.89. The number of carbonyl (C=O) groups excluding carboxylic acids is 1. The summed E-state index contributed by atoms with van der Waals surface area (Å²) in [7, 11) is 0. The molecule has 1 rings (SSSR count). The molecule has 0 spiro atoms. The van der Waals surface area contributed by atoms with Crippen LogP contribution in [0.1, 0.15) is 13.3 Å². The molecule has 0 saturated carbocycles. The van der Waals surface area contributed by atoms with E-state index >= 15 is 0 Å². The van der Waals surface area contributed by atoms with Gasteiger partial charge in [-0.3, -0.25) is 0 Å². The summed E-state index contributed by atoms with van der Waals surface area (Å²) in [5.74, 6) is -0.268.